The standard InChI is InChI=1S/C19H22N2O5S2/c1-4-15-7-5-6-14(3)19(15)20-28(25,26)17-12-16(9-8-13(17)2)21-18(22)10-11-27(21,23)24/h5-9,12,20H,4,10-11H2,1-3H3. The van der Waals surface area contributed by atoms with Crippen molar-refractivity contribution in [2.24, 2.45) is 0 Å². The van der Waals surface area contributed by atoms with Crippen LogP contribution in [0.15, 0.2) is 41.3 Å². The summed E-state index contributed by atoms with van der Waals surface area (Å²) in [6.45, 7) is 5.37. The fourth-order valence-electron chi connectivity index (χ4n) is 3.23. The fraction of sp³-hybridized carbons (Fsp3) is 0.316. The molecule has 28 heavy (non-hydrogen) atoms. The van der Waals surface area contributed by atoms with Crippen molar-refractivity contribution in [1.29, 1.82) is 0 Å². The quantitative estimate of drug-likeness (QED) is 0.798. The number of carbonyl (C=O) groups excluding carboxylic acids is 1. The Kier molecular flexibility index (Phi) is 5.24. The van der Waals surface area contributed by atoms with E-state index in [9.17, 15) is 21.6 Å². The Morgan fingerprint density at radius 3 is 2.43 bits per heavy atom. The molecule has 0 atom stereocenters. The second kappa shape index (κ2) is 7.21. The van der Waals surface area contributed by atoms with Crippen LogP contribution in [0.25, 0.3) is 0 Å². The van der Waals surface area contributed by atoms with E-state index in [1.807, 2.05) is 32.0 Å². The monoisotopic (exact) mass is 422 g/mol. The Labute approximate surface area is 165 Å². The van der Waals surface area contributed by atoms with Crippen LogP contribution in [0.5, 0.6) is 0 Å². The van der Waals surface area contributed by atoms with Gasteiger partial charge in [0.1, 0.15) is 0 Å². The largest absolute Gasteiger partial charge is 0.279 e. The first-order chi connectivity index (χ1) is 13.1. The number of benzene rings is 2. The third-order valence-electron chi connectivity index (χ3n) is 4.75. The van der Waals surface area contributed by atoms with Crippen LogP contribution in [0.1, 0.15) is 30.0 Å². The van der Waals surface area contributed by atoms with Crippen molar-refractivity contribution >= 4 is 37.3 Å². The highest BCUT2D eigenvalue weighted by Gasteiger charge is 2.37. The molecule has 0 radical (unpaired) electrons. The van der Waals surface area contributed by atoms with Gasteiger partial charge in [0.2, 0.25) is 15.9 Å². The summed E-state index contributed by atoms with van der Waals surface area (Å²) in [5, 5.41) is 0. The third-order valence-corrected chi connectivity index (χ3v) is 7.93. The van der Waals surface area contributed by atoms with Gasteiger partial charge in [0, 0.05) is 6.42 Å². The maximum absolute atomic E-state index is 13.1. The Morgan fingerprint density at radius 2 is 1.82 bits per heavy atom. The number of rotatable bonds is 5. The molecule has 0 saturated carbocycles. The molecule has 1 heterocycles. The van der Waals surface area contributed by atoms with E-state index < -0.39 is 26.0 Å². The van der Waals surface area contributed by atoms with Crippen LogP contribution >= 0.6 is 0 Å². The normalized spacial score (nSPS) is 16.4. The average molecular weight is 423 g/mol. The molecule has 1 amide bonds. The van der Waals surface area contributed by atoms with Crippen LogP contribution in [0, 0.1) is 13.8 Å². The maximum Gasteiger partial charge on any atom is 0.262 e. The summed E-state index contributed by atoms with van der Waals surface area (Å²) in [5.41, 5.74) is 2.64. The van der Waals surface area contributed by atoms with Crippen LogP contribution in [0.3, 0.4) is 0 Å². The molecule has 0 spiro atoms. The van der Waals surface area contributed by atoms with Crippen LogP contribution in [-0.4, -0.2) is 28.5 Å². The summed E-state index contributed by atoms with van der Waals surface area (Å²) < 4.78 is 53.9. The first kappa shape index (κ1) is 20.3. The summed E-state index contributed by atoms with van der Waals surface area (Å²) in [6.07, 6.45) is 0.540. The highest BCUT2D eigenvalue weighted by molar-refractivity contribution is 7.94. The molecule has 1 N–H and O–H groups in total. The van der Waals surface area contributed by atoms with Crippen LogP contribution in [0.4, 0.5) is 11.4 Å². The summed E-state index contributed by atoms with van der Waals surface area (Å²) in [4.78, 5) is 12.0. The Balaban J connectivity index is 2.08. The molecule has 1 aliphatic heterocycles. The third kappa shape index (κ3) is 3.64. The van der Waals surface area contributed by atoms with Gasteiger partial charge in [-0.1, -0.05) is 31.2 Å². The van der Waals surface area contributed by atoms with Gasteiger partial charge in [-0.05, 0) is 49.1 Å². The molecule has 7 nitrogen and oxygen atoms in total. The molecule has 0 aliphatic carbocycles. The summed E-state index contributed by atoms with van der Waals surface area (Å²) in [7, 11) is -7.76. The zero-order chi connectivity index (χ0) is 20.7. The topological polar surface area (TPSA) is 101 Å². The minimum absolute atomic E-state index is 0.0361. The molecule has 2 aromatic rings. The van der Waals surface area contributed by atoms with E-state index in [0.717, 1.165) is 11.1 Å². The molecule has 0 aromatic heterocycles. The second-order valence-electron chi connectivity index (χ2n) is 6.74. The zero-order valence-corrected chi connectivity index (χ0v) is 17.5. The van der Waals surface area contributed by atoms with Gasteiger partial charge < -0.3 is 0 Å². The SMILES string of the molecule is CCc1cccc(C)c1NS(=O)(=O)c1cc(N2C(=O)CCS2(=O)=O)ccc1C. The first-order valence-electron chi connectivity index (χ1n) is 8.84. The van der Waals surface area contributed by atoms with E-state index in [-0.39, 0.29) is 22.8 Å². The van der Waals surface area contributed by atoms with Crippen molar-refractivity contribution in [2.45, 2.75) is 38.5 Å². The van der Waals surface area contributed by atoms with Gasteiger partial charge in [0.05, 0.1) is 22.0 Å². The number of para-hydroxylation sites is 1. The van der Waals surface area contributed by atoms with Crippen LogP contribution in [-0.2, 0) is 31.3 Å². The van der Waals surface area contributed by atoms with E-state index in [1.54, 1.807) is 6.92 Å². The molecular formula is C19H22N2O5S2. The molecular weight excluding hydrogens is 400 g/mol. The average Bonchev–Trinajstić information content (AvgIpc) is 2.90. The van der Waals surface area contributed by atoms with Crippen molar-refractivity contribution < 1.29 is 21.6 Å². The predicted molar refractivity (Wildman–Crippen MR) is 108 cm³/mol. The zero-order valence-electron chi connectivity index (χ0n) is 15.9. The lowest BCUT2D eigenvalue weighted by molar-refractivity contribution is -0.116. The lowest BCUT2D eigenvalue weighted by Gasteiger charge is -2.19. The van der Waals surface area contributed by atoms with E-state index in [2.05, 4.69) is 4.72 Å². The van der Waals surface area contributed by atoms with Gasteiger partial charge in [-0.2, -0.15) is 0 Å². The van der Waals surface area contributed by atoms with Gasteiger partial charge >= 0.3 is 0 Å². The number of anilines is 2. The molecule has 0 bridgehead atoms. The van der Waals surface area contributed by atoms with Gasteiger partial charge in [0.15, 0.2) is 0 Å². The lowest BCUT2D eigenvalue weighted by atomic mass is 10.1. The van der Waals surface area contributed by atoms with Crippen molar-refractivity contribution in [3.63, 3.8) is 0 Å². The number of aryl methyl sites for hydroxylation is 3. The van der Waals surface area contributed by atoms with E-state index in [1.165, 1.54) is 18.2 Å². The van der Waals surface area contributed by atoms with Crippen LogP contribution in [0.2, 0.25) is 0 Å². The van der Waals surface area contributed by atoms with Crippen molar-refractivity contribution in [3.05, 3.63) is 53.1 Å². The highest BCUT2D eigenvalue weighted by Crippen LogP contribution is 2.31. The highest BCUT2D eigenvalue weighted by atomic mass is 32.2. The van der Waals surface area contributed by atoms with Crippen molar-refractivity contribution in [1.82, 2.24) is 0 Å². The Bertz CT molecular complexity index is 1150. The van der Waals surface area contributed by atoms with Crippen molar-refractivity contribution in [3.8, 4) is 0 Å². The van der Waals surface area contributed by atoms with Crippen molar-refractivity contribution in [2.75, 3.05) is 14.8 Å². The maximum atomic E-state index is 13.1. The van der Waals surface area contributed by atoms with Gasteiger partial charge in [-0.25, -0.2) is 21.1 Å². The number of hydrogen-bond acceptors (Lipinski definition) is 5. The summed E-state index contributed by atoms with van der Waals surface area (Å²) >= 11 is 0. The lowest BCUT2D eigenvalue weighted by Crippen LogP contribution is -2.29. The number of carbonyl (C=O) groups is 1. The van der Waals surface area contributed by atoms with E-state index in [4.69, 9.17) is 0 Å². The van der Waals surface area contributed by atoms with E-state index in [0.29, 0.717) is 22.0 Å². The number of amides is 1. The molecule has 150 valence electrons. The molecule has 9 heteroatoms. The van der Waals surface area contributed by atoms with Gasteiger partial charge in [-0.15, -0.1) is 0 Å². The van der Waals surface area contributed by atoms with Crippen LogP contribution < -0.4 is 9.03 Å². The summed E-state index contributed by atoms with van der Waals surface area (Å²) in [5.74, 6) is -0.837. The van der Waals surface area contributed by atoms with Gasteiger partial charge in [0.25, 0.3) is 10.0 Å². The molecule has 1 saturated heterocycles. The molecule has 1 fully saturated rings. The minimum atomic E-state index is -3.99. The number of nitrogens with one attached hydrogen (secondary N) is 1. The second-order valence-corrected chi connectivity index (χ2v) is 10.3. The fourth-order valence-corrected chi connectivity index (χ4v) is 6.12. The Morgan fingerprint density at radius 1 is 1.11 bits per heavy atom. The minimum Gasteiger partial charge on any atom is -0.279 e. The molecule has 1 aliphatic rings. The smallest absolute Gasteiger partial charge is 0.262 e. The summed E-state index contributed by atoms with van der Waals surface area (Å²) in [6, 6.07) is 9.72. The molecule has 0 unspecified atom stereocenters. The molecule has 2 aromatic carbocycles. The Hall–Kier alpha value is -2.39. The number of sulfonamides is 2. The number of hydrogen-bond donors (Lipinski definition) is 1. The number of nitrogens with zero attached hydrogens (tertiary/aromatic N) is 1. The first-order valence-corrected chi connectivity index (χ1v) is 11.9. The predicted octanol–water partition coefficient (Wildman–Crippen LogP) is 2.73. The van der Waals surface area contributed by atoms with Gasteiger partial charge in [-0.3, -0.25) is 9.52 Å². The molecule has 3 rings (SSSR count). The van der Waals surface area contributed by atoms with E-state index >= 15 is 0 Å².